The summed E-state index contributed by atoms with van der Waals surface area (Å²) in [5.74, 6) is 0. The second kappa shape index (κ2) is 6.81. The number of aryl methyl sites for hydroxylation is 1. The average molecular weight is 424 g/mol. The maximum absolute atomic E-state index is 12.6. The van der Waals surface area contributed by atoms with Gasteiger partial charge in [-0.15, -0.1) is 0 Å². The van der Waals surface area contributed by atoms with Crippen molar-refractivity contribution >= 4 is 31.2 Å². The number of nitro benzene ring substituents is 1. The van der Waals surface area contributed by atoms with Crippen LogP contribution in [0.4, 0.5) is 24.5 Å². The fourth-order valence-corrected chi connectivity index (χ4v) is 3.83. The lowest BCUT2D eigenvalue weighted by atomic mass is 10.2. The van der Waals surface area contributed by atoms with Gasteiger partial charge in [-0.3, -0.25) is 14.8 Å². The monoisotopic (exact) mass is 424 g/mol. The van der Waals surface area contributed by atoms with Crippen LogP contribution < -0.4 is 4.72 Å². The number of halogens is 3. The molecule has 0 atom stereocenters. The van der Waals surface area contributed by atoms with Gasteiger partial charge in [0.15, 0.2) is 0 Å². The van der Waals surface area contributed by atoms with Crippen molar-refractivity contribution in [2.24, 2.45) is 0 Å². The Morgan fingerprint density at radius 3 is 1.96 bits per heavy atom. The molecule has 0 aliphatic rings. The zero-order valence-electron chi connectivity index (χ0n) is 13.4. The minimum atomic E-state index is -5.83. The van der Waals surface area contributed by atoms with Crippen LogP contribution in [0.15, 0.2) is 52.3 Å². The molecule has 0 fully saturated rings. The van der Waals surface area contributed by atoms with Gasteiger partial charge in [-0.1, -0.05) is 17.7 Å². The molecule has 146 valence electrons. The highest BCUT2D eigenvalue weighted by Crippen LogP contribution is 2.35. The molecule has 0 saturated carbocycles. The minimum Gasteiger partial charge on any atom is -0.273 e. The zero-order chi connectivity index (χ0) is 20.6. The maximum Gasteiger partial charge on any atom is 0.501 e. The number of alkyl halides is 3. The number of benzene rings is 2. The van der Waals surface area contributed by atoms with Crippen molar-refractivity contribution in [2.75, 3.05) is 4.72 Å². The predicted molar refractivity (Wildman–Crippen MR) is 88.3 cm³/mol. The summed E-state index contributed by atoms with van der Waals surface area (Å²) in [7, 11) is -10.1. The molecule has 0 aliphatic heterocycles. The smallest absolute Gasteiger partial charge is 0.273 e. The number of rotatable bonds is 5. The van der Waals surface area contributed by atoms with E-state index in [0.29, 0.717) is 12.1 Å². The van der Waals surface area contributed by atoms with Crippen molar-refractivity contribution in [2.45, 2.75) is 22.2 Å². The van der Waals surface area contributed by atoms with Crippen LogP contribution in [0.1, 0.15) is 5.56 Å². The number of nitrogens with zero attached hydrogens (tertiary/aromatic N) is 1. The van der Waals surface area contributed by atoms with Crippen LogP contribution >= 0.6 is 0 Å². The Morgan fingerprint density at radius 2 is 1.48 bits per heavy atom. The first kappa shape index (κ1) is 20.6. The van der Waals surface area contributed by atoms with Crippen molar-refractivity contribution in [3.63, 3.8) is 0 Å². The molecular weight excluding hydrogens is 413 g/mol. The van der Waals surface area contributed by atoms with Crippen LogP contribution in [0.3, 0.4) is 0 Å². The second-order valence-corrected chi connectivity index (χ2v) is 8.93. The molecule has 0 amide bonds. The number of hydrogen-bond acceptors (Lipinski definition) is 6. The highest BCUT2D eigenvalue weighted by molar-refractivity contribution is 7.93. The van der Waals surface area contributed by atoms with E-state index >= 15 is 0 Å². The largest absolute Gasteiger partial charge is 0.501 e. The molecule has 0 aliphatic carbocycles. The zero-order valence-corrected chi connectivity index (χ0v) is 15.0. The standard InChI is InChI=1S/C14H11F3N2O6S2/c1-9-2-4-10(5-3-9)27(24,25)18-12-7-6-11(8-13(12)19(20)21)26(22,23)14(15,16)17/h2-8,18H,1H3. The normalized spacial score (nSPS) is 12.6. The Morgan fingerprint density at radius 1 is 0.963 bits per heavy atom. The topological polar surface area (TPSA) is 123 Å². The van der Waals surface area contributed by atoms with Gasteiger partial charge in [-0.2, -0.15) is 13.2 Å². The predicted octanol–water partition coefficient (Wildman–Crippen LogP) is 3.00. The molecule has 0 spiro atoms. The summed E-state index contributed by atoms with van der Waals surface area (Å²) >= 11 is 0. The number of nitrogens with one attached hydrogen (secondary N) is 1. The third kappa shape index (κ3) is 4.19. The molecule has 0 unspecified atom stereocenters. The summed E-state index contributed by atoms with van der Waals surface area (Å²) in [5, 5.41) is 11.1. The van der Waals surface area contributed by atoms with Crippen LogP contribution in [-0.2, 0) is 19.9 Å². The molecule has 2 rings (SSSR count). The lowest BCUT2D eigenvalue weighted by Crippen LogP contribution is -2.23. The molecular formula is C14H11F3N2O6S2. The molecule has 27 heavy (non-hydrogen) atoms. The van der Waals surface area contributed by atoms with Gasteiger partial charge in [-0.05, 0) is 31.2 Å². The van der Waals surface area contributed by atoms with E-state index in [1.165, 1.54) is 24.3 Å². The fraction of sp³-hybridized carbons (Fsp3) is 0.143. The van der Waals surface area contributed by atoms with E-state index in [1.54, 1.807) is 6.92 Å². The summed E-state index contributed by atoms with van der Waals surface area (Å²) in [6.45, 7) is 1.70. The number of anilines is 1. The lowest BCUT2D eigenvalue weighted by Gasteiger charge is -2.11. The minimum absolute atomic E-state index is 0.149. The quantitative estimate of drug-likeness (QED) is 0.581. The number of sulfone groups is 1. The molecule has 2 aromatic carbocycles. The average Bonchev–Trinajstić information content (AvgIpc) is 2.53. The number of nitro groups is 1. The fourth-order valence-electron chi connectivity index (χ4n) is 1.97. The van der Waals surface area contributed by atoms with Gasteiger partial charge in [0.2, 0.25) is 0 Å². The highest BCUT2D eigenvalue weighted by Gasteiger charge is 2.47. The number of sulfonamides is 1. The Kier molecular flexibility index (Phi) is 5.21. The summed E-state index contributed by atoms with van der Waals surface area (Å²) in [6.07, 6.45) is 0. The SMILES string of the molecule is Cc1ccc(S(=O)(=O)Nc2ccc(S(=O)(=O)C(F)(F)F)cc2[N+](=O)[O-])cc1. The molecule has 0 saturated heterocycles. The van der Waals surface area contributed by atoms with Crippen molar-refractivity contribution in [1.29, 1.82) is 0 Å². The van der Waals surface area contributed by atoms with E-state index in [1.807, 2.05) is 4.72 Å². The summed E-state index contributed by atoms with van der Waals surface area (Å²) in [4.78, 5) is 8.30. The first-order valence-electron chi connectivity index (χ1n) is 6.95. The van der Waals surface area contributed by atoms with Gasteiger partial charge >= 0.3 is 5.51 Å². The molecule has 0 radical (unpaired) electrons. The summed E-state index contributed by atoms with van der Waals surface area (Å²) in [6, 6.07) is 6.57. The maximum atomic E-state index is 12.6. The molecule has 13 heteroatoms. The van der Waals surface area contributed by atoms with E-state index < -0.39 is 46.6 Å². The highest BCUT2D eigenvalue weighted by atomic mass is 32.2. The van der Waals surface area contributed by atoms with Gasteiger partial charge < -0.3 is 0 Å². The first-order chi connectivity index (χ1) is 12.3. The van der Waals surface area contributed by atoms with Gasteiger partial charge in [0.25, 0.3) is 25.5 Å². The van der Waals surface area contributed by atoms with Crippen molar-refractivity contribution < 1.29 is 34.9 Å². The molecule has 8 nitrogen and oxygen atoms in total. The van der Waals surface area contributed by atoms with E-state index in [0.717, 1.165) is 5.56 Å². The van der Waals surface area contributed by atoms with Crippen LogP contribution in [0.5, 0.6) is 0 Å². The van der Waals surface area contributed by atoms with E-state index in [2.05, 4.69) is 0 Å². The van der Waals surface area contributed by atoms with Gasteiger partial charge in [0, 0.05) is 6.07 Å². The summed E-state index contributed by atoms with van der Waals surface area (Å²) in [5.41, 5.74) is -6.73. The van der Waals surface area contributed by atoms with E-state index in [9.17, 15) is 40.1 Å². The molecule has 0 bridgehead atoms. The van der Waals surface area contributed by atoms with Crippen LogP contribution in [0.2, 0.25) is 0 Å². The van der Waals surface area contributed by atoms with E-state index in [4.69, 9.17) is 0 Å². The van der Waals surface area contributed by atoms with Crippen molar-refractivity contribution in [3.05, 3.63) is 58.1 Å². The first-order valence-corrected chi connectivity index (χ1v) is 9.91. The summed E-state index contributed by atoms with van der Waals surface area (Å²) < 4.78 is 87.1. The van der Waals surface area contributed by atoms with Gasteiger partial charge in [0.05, 0.1) is 14.7 Å². The third-order valence-electron chi connectivity index (χ3n) is 3.36. The Labute approximate surface area is 151 Å². The van der Waals surface area contributed by atoms with Crippen LogP contribution in [-0.4, -0.2) is 27.3 Å². The Balaban J connectivity index is 2.52. The Hall–Kier alpha value is -2.67. The van der Waals surface area contributed by atoms with Gasteiger partial charge in [-0.25, -0.2) is 16.8 Å². The van der Waals surface area contributed by atoms with Gasteiger partial charge in [0.1, 0.15) is 5.69 Å². The Bertz CT molecular complexity index is 1090. The van der Waals surface area contributed by atoms with Crippen LogP contribution in [0, 0.1) is 17.0 Å². The van der Waals surface area contributed by atoms with Crippen molar-refractivity contribution in [1.82, 2.24) is 0 Å². The van der Waals surface area contributed by atoms with E-state index in [-0.39, 0.29) is 11.0 Å². The van der Waals surface area contributed by atoms with Crippen molar-refractivity contribution in [3.8, 4) is 0 Å². The molecule has 0 heterocycles. The molecule has 1 N–H and O–H groups in total. The van der Waals surface area contributed by atoms with Crippen LogP contribution in [0.25, 0.3) is 0 Å². The molecule has 0 aromatic heterocycles. The third-order valence-corrected chi connectivity index (χ3v) is 6.22. The lowest BCUT2D eigenvalue weighted by molar-refractivity contribution is -0.384. The number of hydrogen-bond donors (Lipinski definition) is 1. The second-order valence-electron chi connectivity index (χ2n) is 5.30. The molecule has 2 aromatic rings.